The molecule has 1 N–H and O–H groups in total. The molecule has 0 bridgehead atoms. The van der Waals surface area contributed by atoms with Gasteiger partial charge in [-0.2, -0.15) is 0 Å². The molecule has 0 radical (unpaired) electrons. The summed E-state index contributed by atoms with van der Waals surface area (Å²) in [5, 5.41) is 3.35. The second kappa shape index (κ2) is 8.57. The molecule has 1 heterocycles. The number of benzene rings is 1. The van der Waals surface area contributed by atoms with Crippen LogP contribution in [0, 0.1) is 11.7 Å². The van der Waals surface area contributed by atoms with Gasteiger partial charge in [0, 0.05) is 37.8 Å². The molecule has 1 aliphatic rings. The summed E-state index contributed by atoms with van der Waals surface area (Å²) in [6.45, 7) is 8.25. The smallest absolute Gasteiger partial charge is 0.169 e. The van der Waals surface area contributed by atoms with E-state index in [0.29, 0.717) is 11.7 Å². The summed E-state index contributed by atoms with van der Waals surface area (Å²) in [5.74, 6) is 0.658. The summed E-state index contributed by atoms with van der Waals surface area (Å²) in [4.78, 5) is 2.38. The Morgan fingerprint density at radius 2 is 1.95 bits per heavy atom. The second-order valence-electron chi connectivity index (χ2n) is 5.79. The van der Waals surface area contributed by atoms with Crippen LogP contribution >= 0.6 is 12.4 Å². The fourth-order valence-corrected chi connectivity index (χ4v) is 2.86. The number of piperazine rings is 1. The van der Waals surface area contributed by atoms with Crippen LogP contribution in [0.1, 0.15) is 31.9 Å². The molecule has 0 saturated carbocycles. The molecule has 2 rings (SSSR count). The van der Waals surface area contributed by atoms with Crippen LogP contribution in [-0.2, 0) is 0 Å². The average molecular weight is 317 g/mol. The topological polar surface area (TPSA) is 24.5 Å². The lowest BCUT2D eigenvalue weighted by atomic mass is 9.94. The number of hydrogen-bond donors (Lipinski definition) is 1. The predicted molar refractivity (Wildman–Crippen MR) is 86.8 cm³/mol. The molecule has 1 aliphatic heterocycles. The van der Waals surface area contributed by atoms with Gasteiger partial charge >= 0.3 is 0 Å². The Bertz CT molecular complexity index is 436. The highest BCUT2D eigenvalue weighted by Crippen LogP contribution is 2.33. The fourth-order valence-electron chi connectivity index (χ4n) is 2.86. The van der Waals surface area contributed by atoms with E-state index < -0.39 is 0 Å². The summed E-state index contributed by atoms with van der Waals surface area (Å²) >= 11 is 0. The first-order valence-corrected chi connectivity index (χ1v) is 7.40. The molecule has 0 aromatic heterocycles. The van der Waals surface area contributed by atoms with E-state index in [9.17, 15) is 4.39 Å². The van der Waals surface area contributed by atoms with Crippen molar-refractivity contribution in [2.24, 2.45) is 5.92 Å². The van der Waals surface area contributed by atoms with Crippen molar-refractivity contribution in [2.75, 3.05) is 33.3 Å². The molecule has 0 unspecified atom stereocenters. The van der Waals surface area contributed by atoms with Gasteiger partial charge in [-0.25, -0.2) is 4.39 Å². The minimum atomic E-state index is -0.209. The van der Waals surface area contributed by atoms with Crippen molar-refractivity contribution < 1.29 is 9.13 Å². The van der Waals surface area contributed by atoms with E-state index in [2.05, 4.69) is 24.1 Å². The first kappa shape index (κ1) is 18.2. The summed E-state index contributed by atoms with van der Waals surface area (Å²) in [6.07, 6.45) is 0.962. The zero-order valence-corrected chi connectivity index (χ0v) is 13.9. The van der Waals surface area contributed by atoms with Crippen LogP contribution in [0.3, 0.4) is 0 Å². The van der Waals surface area contributed by atoms with Crippen molar-refractivity contribution in [1.82, 2.24) is 10.2 Å². The number of rotatable bonds is 5. The Hall–Kier alpha value is -0.840. The zero-order chi connectivity index (χ0) is 14.5. The predicted octanol–water partition coefficient (Wildman–Crippen LogP) is 3.25. The maximum atomic E-state index is 14.6. The van der Waals surface area contributed by atoms with Gasteiger partial charge in [0.1, 0.15) is 0 Å². The summed E-state index contributed by atoms with van der Waals surface area (Å²) in [5.41, 5.74) is 0.764. The van der Waals surface area contributed by atoms with E-state index in [-0.39, 0.29) is 24.3 Å². The van der Waals surface area contributed by atoms with E-state index in [4.69, 9.17) is 4.74 Å². The monoisotopic (exact) mass is 316 g/mol. The molecule has 1 saturated heterocycles. The van der Waals surface area contributed by atoms with Crippen LogP contribution in [-0.4, -0.2) is 38.2 Å². The highest BCUT2D eigenvalue weighted by Gasteiger charge is 2.26. The Kier molecular flexibility index (Phi) is 7.43. The van der Waals surface area contributed by atoms with Crippen molar-refractivity contribution in [3.8, 4) is 5.75 Å². The van der Waals surface area contributed by atoms with Gasteiger partial charge in [0.2, 0.25) is 0 Å². The first-order chi connectivity index (χ1) is 9.63. The summed E-state index contributed by atoms with van der Waals surface area (Å²) in [6, 6.07) is 5.59. The minimum absolute atomic E-state index is 0. The third-order valence-electron chi connectivity index (χ3n) is 3.86. The molecule has 1 aromatic rings. The lowest BCUT2D eigenvalue weighted by Gasteiger charge is -2.36. The second-order valence-corrected chi connectivity index (χ2v) is 5.79. The molecular formula is C16H26ClFN2O. The van der Waals surface area contributed by atoms with Crippen LogP contribution in [0.2, 0.25) is 0 Å². The number of nitrogens with zero attached hydrogens (tertiary/aromatic N) is 1. The first-order valence-electron chi connectivity index (χ1n) is 7.40. The minimum Gasteiger partial charge on any atom is -0.494 e. The maximum Gasteiger partial charge on any atom is 0.169 e. The van der Waals surface area contributed by atoms with E-state index in [1.165, 1.54) is 7.11 Å². The van der Waals surface area contributed by atoms with Crippen LogP contribution < -0.4 is 10.1 Å². The molecule has 21 heavy (non-hydrogen) atoms. The van der Waals surface area contributed by atoms with Gasteiger partial charge in [-0.3, -0.25) is 4.90 Å². The molecular weight excluding hydrogens is 291 g/mol. The molecule has 0 amide bonds. The third kappa shape index (κ3) is 4.56. The number of ether oxygens (including phenoxy) is 1. The number of hydrogen-bond acceptors (Lipinski definition) is 3. The van der Waals surface area contributed by atoms with Gasteiger partial charge in [0.05, 0.1) is 7.11 Å². The van der Waals surface area contributed by atoms with Crippen molar-refractivity contribution in [3.05, 3.63) is 29.6 Å². The van der Waals surface area contributed by atoms with Gasteiger partial charge in [0.15, 0.2) is 11.6 Å². The Morgan fingerprint density at radius 1 is 1.29 bits per heavy atom. The maximum absolute atomic E-state index is 14.6. The average Bonchev–Trinajstić information content (AvgIpc) is 2.46. The normalized spacial score (nSPS) is 17.4. The standard InChI is InChI=1S/C16H25FN2O.ClH/c1-12(2)11-14(19-9-7-18-8-10-19)13-5-4-6-15(20-3)16(13)17;/h4-6,12,14,18H,7-11H2,1-3H3;1H/t14-;/m1./s1. The number of methoxy groups -OCH3 is 1. The molecule has 0 spiro atoms. The Morgan fingerprint density at radius 3 is 2.52 bits per heavy atom. The fraction of sp³-hybridized carbons (Fsp3) is 0.625. The van der Waals surface area contributed by atoms with E-state index in [0.717, 1.165) is 38.2 Å². The summed E-state index contributed by atoms with van der Waals surface area (Å²) < 4.78 is 19.7. The number of halogens is 2. The summed E-state index contributed by atoms with van der Waals surface area (Å²) in [7, 11) is 1.52. The van der Waals surface area contributed by atoms with Gasteiger partial charge in [-0.15, -0.1) is 12.4 Å². The number of nitrogens with one attached hydrogen (secondary N) is 1. The van der Waals surface area contributed by atoms with Gasteiger partial charge < -0.3 is 10.1 Å². The van der Waals surface area contributed by atoms with Gasteiger partial charge in [0.25, 0.3) is 0 Å². The molecule has 120 valence electrons. The Labute approximate surface area is 133 Å². The lowest BCUT2D eigenvalue weighted by molar-refractivity contribution is 0.150. The van der Waals surface area contributed by atoms with Gasteiger partial charge in [-0.1, -0.05) is 26.0 Å². The van der Waals surface area contributed by atoms with E-state index >= 15 is 0 Å². The van der Waals surface area contributed by atoms with Crippen molar-refractivity contribution >= 4 is 12.4 Å². The highest BCUT2D eigenvalue weighted by molar-refractivity contribution is 5.85. The van der Waals surface area contributed by atoms with Crippen molar-refractivity contribution in [3.63, 3.8) is 0 Å². The van der Waals surface area contributed by atoms with E-state index in [1.54, 1.807) is 6.07 Å². The SMILES string of the molecule is COc1cccc([C@@H](CC(C)C)N2CCNCC2)c1F.Cl. The van der Waals surface area contributed by atoms with Crippen LogP contribution in [0.4, 0.5) is 4.39 Å². The molecule has 1 fully saturated rings. The van der Waals surface area contributed by atoms with Gasteiger partial charge in [-0.05, 0) is 18.4 Å². The molecule has 1 atom stereocenters. The molecule has 1 aromatic carbocycles. The molecule has 0 aliphatic carbocycles. The van der Waals surface area contributed by atoms with Crippen LogP contribution in [0.5, 0.6) is 5.75 Å². The quantitative estimate of drug-likeness (QED) is 0.902. The van der Waals surface area contributed by atoms with E-state index in [1.807, 2.05) is 12.1 Å². The highest BCUT2D eigenvalue weighted by atomic mass is 35.5. The molecule has 5 heteroatoms. The Balaban J connectivity index is 0.00000220. The van der Waals surface area contributed by atoms with Crippen molar-refractivity contribution in [2.45, 2.75) is 26.3 Å². The zero-order valence-electron chi connectivity index (χ0n) is 13.1. The van der Waals surface area contributed by atoms with Crippen LogP contribution in [0.15, 0.2) is 18.2 Å². The lowest BCUT2D eigenvalue weighted by Crippen LogP contribution is -2.45. The van der Waals surface area contributed by atoms with Crippen LogP contribution in [0.25, 0.3) is 0 Å². The third-order valence-corrected chi connectivity index (χ3v) is 3.86. The largest absolute Gasteiger partial charge is 0.494 e. The van der Waals surface area contributed by atoms with Crippen molar-refractivity contribution in [1.29, 1.82) is 0 Å². The molecule has 3 nitrogen and oxygen atoms in total.